The van der Waals surface area contributed by atoms with E-state index in [-0.39, 0.29) is 5.75 Å². The SMILES string of the molecule is CCCNc1ncc(C)c(NCCS(=O)(=O)NCC)n1. The normalized spacial score (nSPS) is 11.3. The highest BCUT2D eigenvalue weighted by molar-refractivity contribution is 7.89. The molecule has 1 rings (SSSR count). The second kappa shape index (κ2) is 8.01. The van der Waals surface area contributed by atoms with Crippen LogP contribution in [0, 0.1) is 6.92 Å². The third-order valence-corrected chi connectivity index (χ3v) is 4.00. The average molecular weight is 301 g/mol. The smallest absolute Gasteiger partial charge is 0.224 e. The Labute approximate surface area is 120 Å². The molecule has 0 saturated heterocycles. The van der Waals surface area contributed by atoms with E-state index in [9.17, 15) is 8.42 Å². The Morgan fingerprint density at radius 2 is 1.95 bits per heavy atom. The van der Waals surface area contributed by atoms with Gasteiger partial charge in [-0.3, -0.25) is 0 Å². The molecule has 20 heavy (non-hydrogen) atoms. The number of nitrogens with zero attached hydrogens (tertiary/aromatic N) is 2. The van der Waals surface area contributed by atoms with Gasteiger partial charge in [-0.15, -0.1) is 0 Å². The van der Waals surface area contributed by atoms with Crippen molar-refractivity contribution in [3.8, 4) is 0 Å². The number of rotatable bonds is 9. The van der Waals surface area contributed by atoms with E-state index in [4.69, 9.17) is 0 Å². The zero-order valence-electron chi connectivity index (χ0n) is 12.2. The maximum Gasteiger partial charge on any atom is 0.224 e. The summed E-state index contributed by atoms with van der Waals surface area (Å²) in [5.74, 6) is 1.22. The lowest BCUT2D eigenvalue weighted by Crippen LogP contribution is -2.29. The van der Waals surface area contributed by atoms with Crippen molar-refractivity contribution in [3.63, 3.8) is 0 Å². The summed E-state index contributed by atoms with van der Waals surface area (Å²) in [5, 5.41) is 6.13. The van der Waals surface area contributed by atoms with Gasteiger partial charge in [-0.25, -0.2) is 18.1 Å². The van der Waals surface area contributed by atoms with Crippen molar-refractivity contribution >= 4 is 21.8 Å². The topological polar surface area (TPSA) is 96.0 Å². The molecule has 0 amide bonds. The largest absolute Gasteiger partial charge is 0.369 e. The molecule has 0 bridgehead atoms. The van der Waals surface area contributed by atoms with Gasteiger partial charge in [0.1, 0.15) is 5.82 Å². The van der Waals surface area contributed by atoms with Crippen LogP contribution in [-0.2, 0) is 10.0 Å². The van der Waals surface area contributed by atoms with Crippen LogP contribution >= 0.6 is 0 Å². The molecule has 0 fully saturated rings. The first-order valence-electron chi connectivity index (χ1n) is 6.77. The summed E-state index contributed by atoms with van der Waals surface area (Å²) in [7, 11) is -3.21. The summed E-state index contributed by atoms with van der Waals surface area (Å²) in [4.78, 5) is 8.50. The zero-order chi connectivity index (χ0) is 15.0. The Bertz CT molecular complexity index is 519. The number of anilines is 2. The van der Waals surface area contributed by atoms with E-state index in [0.29, 0.717) is 24.9 Å². The number of aryl methyl sites for hydroxylation is 1. The maximum absolute atomic E-state index is 11.5. The number of hydrogen-bond donors (Lipinski definition) is 3. The molecule has 7 nitrogen and oxygen atoms in total. The maximum atomic E-state index is 11.5. The molecule has 0 aromatic carbocycles. The van der Waals surface area contributed by atoms with Crippen molar-refractivity contribution in [3.05, 3.63) is 11.8 Å². The summed E-state index contributed by atoms with van der Waals surface area (Å²) in [6, 6.07) is 0. The van der Waals surface area contributed by atoms with Crippen LogP contribution in [0.15, 0.2) is 6.20 Å². The second-order valence-electron chi connectivity index (χ2n) is 4.40. The first-order valence-corrected chi connectivity index (χ1v) is 8.42. The Hall–Kier alpha value is -1.41. The lowest BCUT2D eigenvalue weighted by Gasteiger charge is -2.11. The van der Waals surface area contributed by atoms with Crippen molar-refractivity contribution in [1.82, 2.24) is 14.7 Å². The highest BCUT2D eigenvalue weighted by atomic mass is 32.2. The van der Waals surface area contributed by atoms with E-state index in [1.54, 1.807) is 13.1 Å². The van der Waals surface area contributed by atoms with Crippen molar-refractivity contribution in [1.29, 1.82) is 0 Å². The minimum absolute atomic E-state index is 0.0159. The average Bonchev–Trinajstić information content (AvgIpc) is 2.39. The van der Waals surface area contributed by atoms with Gasteiger partial charge in [-0.1, -0.05) is 13.8 Å². The fourth-order valence-corrected chi connectivity index (χ4v) is 2.49. The van der Waals surface area contributed by atoms with Gasteiger partial charge in [0.05, 0.1) is 5.75 Å². The molecule has 0 aliphatic carbocycles. The van der Waals surface area contributed by atoms with Gasteiger partial charge in [0.15, 0.2) is 0 Å². The van der Waals surface area contributed by atoms with E-state index >= 15 is 0 Å². The van der Waals surface area contributed by atoms with Crippen LogP contribution < -0.4 is 15.4 Å². The quantitative estimate of drug-likeness (QED) is 0.628. The van der Waals surface area contributed by atoms with Crippen LogP contribution in [-0.4, -0.2) is 43.8 Å². The zero-order valence-corrected chi connectivity index (χ0v) is 13.0. The number of nitrogens with one attached hydrogen (secondary N) is 3. The Morgan fingerprint density at radius 3 is 2.60 bits per heavy atom. The summed E-state index contributed by atoms with van der Waals surface area (Å²) < 4.78 is 25.5. The standard InChI is InChI=1S/C12H23N5O2S/c1-4-6-14-12-15-9-10(3)11(17-12)13-7-8-20(18,19)16-5-2/h9,16H,4-8H2,1-3H3,(H2,13,14,15,17). The van der Waals surface area contributed by atoms with E-state index in [0.717, 1.165) is 18.5 Å². The van der Waals surface area contributed by atoms with Crippen LogP contribution in [0.4, 0.5) is 11.8 Å². The second-order valence-corrected chi connectivity index (χ2v) is 6.32. The third-order valence-electron chi connectivity index (χ3n) is 2.53. The van der Waals surface area contributed by atoms with Gasteiger partial charge in [-0.2, -0.15) is 4.98 Å². The van der Waals surface area contributed by atoms with Crippen molar-refractivity contribution in [2.24, 2.45) is 0 Å². The molecule has 0 unspecified atom stereocenters. The number of hydrogen-bond acceptors (Lipinski definition) is 6. The van der Waals surface area contributed by atoms with Gasteiger partial charge in [0.25, 0.3) is 0 Å². The lowest BCUT2D eigenvalue weighted by molar-refractivity contribution is 0.584. The van der Waals surface area contributed by atoms with Gasteiger partial charge < -0.3 is 10.6 Å². The van der Waals surface area contributed by atoms with Crippen LogP contribution in [0.5, 0.6) is 0 Å². The van der Waals surface area contributed by atoms with E-state index in [1.165, 1.54) is 0 Å². The molecule has 1 aromatic rings. The fraction of sp³-hybridized carbons (Fsp3) is 0.667. The molecule has 8 heteroatoms. The molecule has 0 radical (unpaired) electrons. The van der Waals surface area contributed by atoms with E-state index in [1.807, 2.05) is 6.92 Å². The van der Waals surface area contributed by atoms with Crippen LogP contribution in [0.2, 0.25) is 0 Å². The van der Waals surface area contributed by atoms with Crippen molar-refractivity contribution < 1.29 is 8.42 Å². The molecule has 0 saturated carbocycles. The predicted octanol–water partition coefficient (Wildman–Crippen LogP) is 0.958. The monoisotopic (exact) mass is 301 g/mol. The Kier molecular flexibility index (Phi) is 6.66. The lowest BCUT2D eigenvalue weighted by atomic mass is 10.3. The molecule has 0 aliphatic rings. The van der Waals surface area contributed by atoms with Crippen LogP contribution in [0.25, 0.3) is 0 Å². The first kappa shape index (κ1) is 16.6. The van der Waals surface area contributed by atoms with Gasteiger partial charge in [0, 0.05) is 31.4 Å². The highest BCUT2D eigenvalue weighted by Crippen LogP contribution is 2.12. The molecule has 0 atom stereocenters. The fourth-order valence-electron chi connectivity index (χ4n) is 1.54. The highest BCUT2D eigenvalue weighted by Gasteiger charge is 2.09. The molecular formula is C12H23N5O2S. The van der Waals surface area contributed by atoms with Crippen molar-refractivity contribution in [2.45, 2.75) is 27.2 Å². The summed E-state index contributed by atoms with van der Waals surface area (Å²) in [6.45, 7) is 7.21. The summed E-state index contributed by atoms with van der Waals surface area (Å²) in [5.41, 5.74) is 0.882. The molecule has 0 spiro atoms. The van der Waals surface area contributed by atoms with Gasteiger partial charge in [0.2, 0.25) is 16.0 Å². The molecule has 0 aliphatic heterocycles. The molecule has 1 aromatic heterocycles. The Balaban J connectivity index is 2.58. The van der Waals surface area contributed by atoms with Gasteiger partial charge >= 0.3 is 0 Å². The molecular weight excluding hydrogens is 278 g/mol. The van der Waals surface area contributed by atoms with Crippen LogP contribution in [0.3, 0.4) is 0 Å². The van der Waals surface area contributed by atoms with Gasteiger partial charge in [-0.05, 0) is 13.3 Å². The minimum atomic E-state index is -3.21. The third kappa shape index (κ3) is 5.70. The van der Waals surface area contributed by atoms with E-state index in [2.05, 4.69) is 32.2 Å². The van der Waals surface area contributed by atoms with Crippen molar-refractivity contribution in [2.75, 3.05) is 36.0 Å². The molecule has 114 valence electrons. The predicted molar refractivity (Wildman–Crippen MR) is 81.5 cm³/mol. The summed E-state index contributed by atoms with van der Waals surface area (Å²) in [6.07, 6.45) is 2.70. The number of aromatic nitrogens is 2. The Morgan fingerprint density at radius 1 is 1.20 bits per heavy atom. The first-order chi connectivity index (χ1) is 9.48. The molecule has 3 N–H and O–H groups in total. The minimum Gasteiger partial charge on any atom is -0.369 e. The van der Waals surface area contributed by atoms with E-state index < -0.39 is 10.0 Å². The number of sulfonamides is 1. The summed E-state index contributed by atoms with van der Waals surface area (Å²) >= 11 is 0. The van der Waals surface area contributed by atoms with Crippen LogP contribution in [0.1, 0.15) is 25.8 Å². The molecule has 1 heterocycles.